The van der Waals surface area contributed by atoms with E-state index in [1.165, 1.54) is 0 Å². The molecule has 0 aromatic rings. The average Bonchev–Trinajstić information content (AvgIpc) is 1.94. The predicted octanol–water partition coefficient (Wildman–Crippen LogP) is 0.885. The molecule has 0 aromatic carbocycles. The predicted molar refractivity (Wildman–Crippen MR) is 48.9 cm³/mol. The molecule has 0 spiro atoms. The molecular formula is C9H16F2N2O. The molecule has 0 aromatic heterocycles. The second-order valence-corrected chi connectivity index (χ2v) is 4.67. The molecule has 1 amide bonds. The van der Waals surface area contributed by atoms with Crippen LogP contribution in [-0.4, -0.2) is 23.9 Å². The minimum atomic E-state index is -2.64. The van der Waals surface area contributed by atoms with Gasteiger partial charge in [-0.3, -0.25) is 4.79 Å². The summed E-state index contributed by atoms with van der Waals surface area (Å²) in [6.45, 7) is 3.85. The van der Waals surface area contributed by atoms with Gasteiger partial charge in [0, 0.05) is 30.8 Å². The lowest BCUT2D eigenvalue weighted by Gasteiger charge is -2.34. The molecule has 1 fully saturated rings. The average molecular weight is 206 g/mol. The Labute approximate surface area is 82.0 Å². The van der Waals surface area contributed by atoms with Gasteiger partial charge >= 0.3 is 0 Å². The number of alkyl halides is 2. The van der Waals surface area contributed by atoms with Crippen molar-refractivity contribution in [2.45, 2.75) is 38.2 Å². The molecule has 1 saturated carbocycles. The molecule has 1 aliphatic rings. The standard InChI is InChI=1S/C9H16F2N2O/c1-8(2,12)5-13-7(14)6-3-9(10,11)4-6/h6H,3-5,12H2,1-2H3,(H,13,14). The summed E-state index contributed by atoms with van der Waals surface area (Å²) in [7, 11) is 0. The maximum Gasteiger partial charge on any atom is 0.249 e. The van der Waals surface area contributed by atoms with Crippen LogP contribution in [0.4, 0.5) is 8.78 Å². The lowest BCUT2D eigenvalue weighted by Crippen LogP contribution is -2.50. The Hall–Kier alpha value is -0.710. The lowest BCUT2D eigenvalue weighted by atomic mass is 9.80. The third-order valence-electron chi connectivity index (χ3n) is 2.18. The number of rotatable bonds is 3. The summed E-state index contributed by atoms with van der Waals surface area (Å²) in [6.07, 6.45) is -0.659. The third-order valence-corrected chi connectivity index (χ3v) is 2.18. The SMILES string of the molecule is CC(C)(N)CNC(=O)C1CC(F)(F)C1. The smallest absolute Gasteiger partial charge is 0.249 e. The Morgan fingerprint density at radius 3 is 2.43 bits per heavy atom. The van der Waals surface area contributed by atoms with E-state index in [9.17, 15) is 13.6 Å². The monoisotopic (exact) mass is 206 g/mol. The normalized spacial score (nSPS) is 21.5. The van der Waals surface area contributed by atoms with Crippen LogP contribution in [0.2, 0.25) is 0 Å². The number of carbonyl (C=O) groups is 1. The van der Waals surface area contributed by atoms with Gasteiger partial charge in [-0.2, -0.15) is 0 Å². The number of halogens is 2. The van der Waals surface area contributed by atoms with Gasteiger partial charge in [-0.25, -0.2) is 8.78 Å². The van der Waals surface area contributed by atoms with E-state index in [2.05, 4.69) is 5.32 Å². The van der Waals surface area contributed by atoms with Crippen molar-refractivity contribution in [1.29, 1.82) is 0 Å². The van der Waals surface area contributed by atoms with E-state index in [0.29, 0.717) is 6.54 Å². The number of amides is 1. The number of hydrogen-bond acceptors (Lipinski definition) is 2. The van der Waals surface area contributed by atoms with Crippen LogP contribution < -0.4 is 11.1 Å². The van der Waals surface area contributed by atoms with Crippen molar-refractivity contribution in [3.8, 4) is 0 Å². The van der Waals surface area contributed by atoms with Crippen molar-refractivity contribution in [3.05, 3.63) is 0 Å². The number of nitrogens with two attached hydrogens (primary N) is 1. The third kappa shape index (κ3) is 3.21. The Bertz CT molecular complexity index is 227. The van der Waals surface area contributed by atoms with Crippen molar-refractivity contribution < 1.29 is 13.6 Å². The van der Waals surface area contributed by atoms with Crippen molar-refractivity contribution in [2.75, 3.05) is 6.54 Å². The Kier molecular flexibility index (Phi) is 2.81. The van der Waals surface area contributed by atoms with E-state index in [1.807, 2.05) is 0 Å². The summed E-state index contributed by atoms with van der Waals surface area (Å²) in [4.78, 5) is 11.3. The van der Waals surface area contributed by atoms with E-state index >= 15 is 0 Å². The first kappa shape index (κ1) is 11.4. The van der Waals surface area contributed by atoms with Gasteiger partial charge in [0.1, 0.15) is 0 Å². The summed E-state index contributed by atoms with van der Waals surface area (Å²) in [5.74, 6) is -3.48. The highest BCUT2D eigenvalue weighted by molar-refractivity contribution is 5.79. The second-order valence-electron chi connectivity index (χ2n) is 4.67. The number of nitrogens with one attached hydrogen (secondary N) is 1. The molecule has 14 heavy (non-hydrogen) atoms. The van der Waals surface area contributed by atoms with Gasteiger partial charge in [0.05, 0.1) is 0 Å². The zero-order valence-electron chi connectivity index (χ0n) is 8.44. The minimum absolute atomic E-state index is 0.311. The van der Waals surface area contributed by atoms with Crippen LogP contribution in [0.15, 0.2) is 0 Å². The van der Waals surface area contributed by atoms with Crippen LogP contribution in [0.3, 0.4) is 0 Å². The number of carbonyl (C=O) groups excluding carboxylic acids is 1. The molecule has 0 heterocycles. The van der Waals surface area contributed by atoms with Crippen LogP contribution in [0.25, 0.3) is 0 Å². The maximum absolute atomic E-state index is 12.4. The maximum atomic E-state index is 12.4. The highest BCUT2D eigenvalue weighted by atomic mass is 19.3. The van der Waals surface area contributed by atoms with E-state index in [-0.39, 0.29) is 18.7 Å². The molecule has 0 atom stereocenters. The van der Waals surface area contributed by atoms with Crippen molar-refractivity contribution in [1.82, 2.24) is 5.32 Å². The fourth-order valence-corrected chi connectivity index (χ4v) is 1.31. The van der Waals surface area contributed by atoms with Gasteiger partial charge in [-0.05, 0) is 13.8 Å². The van der Waals surface area contributed by atoms with Gasteiger partial charge in [-0.15, -0.1) is 0 Å². The van der Waals surface area contributed by atoms with Gasteiger partial charge in [-0.1, -0.05) is 0 Å². The molecule has 5 heteroatoms. The minimum Gasteiger partial charge on any atom is -0.354 e. The summed E-state index contributed by atoms with van der Waals surface area (Å²) >= 11 is 0. The first-order valence-corrected chi connectivity index (χ1v) is 4.64. The molecule has 0 aliphatic heterocycles. The molecule has 1 rings (SSSR count). The highest BCUT2D eigenvalue weighted by Gasteiger charge is 2.48. The van der Waals surface area contributed by atoms with Crippen LogP contribution in [0, 0.1) is 5.92 Å². The Morgan fingerprint density at radius 1 is 1.57 bits per heavy atom. The molecule has 0 unspecified atom stereocenters. The molecule has 3 nitrogen and oxygen atoms in total. The lowest BCUT2D eigenvalue weighted by molar-refractivity contribution is -0.150. The molecule has 0 saturated heterocycles. The van der Waals surface area contributed by atoms with Crippen molar-refractivity contribution in [3.63, 3.8) is 0 Å². The van der Waals surface area contributed by atoms with Gasteiger partial charge in [0.2, 0.25) is 11.8 Å². The van der Waals surface area contributed by atoms with Gasteiger partial charge in [0.15, 0.2) is 0 Å². The molecule has 0 radical (unpaired) electrons. The summed E-state index contributed by atoms with van der Waals surface area (Å²) in [6, 6.07) is 0. The summed E-state index contributed by atoms with van der Waals surface area (Å²) < 4.78 is 24.8. The first-order chi connectivity index (χ1) is 6.20. The van der Waals surface area contributed by atoms with Crippen molar-refractivity contribution in [2.24, 2.45) is 11.7 Å². The quantitative estimate of drug-likeness (QED) is 0.720. The second kappa shape index (κ2) is 3.46. The summed E-state index contributed by atoms with van der Waals surface area (Å²) in [5, 5.41) is 2.57. The van der Waals surface area contributed by atoms with Crippen LogP contribution in [-0.2, 0) is 4.79 Å². The zero-order chi connectivity index (χ0) is 11.0. The first-order valence-electron chi connectivity index (χ1n) is 4.64. The van der Waals surface area contributed by atoms with Crippen LogP contribution >= 0.6 is 0 Å². The molecule has 82 valence electrons. The topological polar surface area (TPSA) is 55.1 Å². The Balaban J connectivity index is 2.25. The van der Waals surface area contributed by atoms with Crippen LogP contribution in [0.1, 0.15) is 26.7 Å². The number of hydrogen-bond donors (Lipinski definition) is 2. The van der Waals surface area contributed by atoms with Crippen LogP contribution in [0.5, 0.6) is 0 Å². The zero-order valence-corrected chi connectivity index (χ0v) is 8.44. The Morgan fingerprint density at radius 2 is 2.07 bits per heavy atom. The van der Waals surface area contributed by atoms with Crippen molar-refractivity contribution >= 4 is 5.91 Å². The van der Waals surface area contributed by atoms with E-state index in [0.717, 1.165) is 0 Å². The highest BCUT2D eigenvalue weighted by Crippen LogP contribution is 2.42. The molecule has 0 bridgehead atoms. The fraction of sp³-hybridized carbons (Fsp3) is 0.889. The molecule has 3 N–H and O–H groups in total. The summed E-state index contributed by atoms with van der Waals surface area (Å²) in [5.41, 5.74) is 5.14. The van der Waals surface area contributed by atoms with E-state index < -0.39 is 17.4 Å². The van der Waals surface area contributed by atoms with Gasteiger partial charge < -0.3 is 11.1 Å². The molecule has 1 aliphatic carbocycles. The molecular weight excluding hydrogens is 190 g/mol. The van der Waals surface area contributed by atoms with E-state index in [1.54, 1.807) is 13.8 Å². The van der Waals surface area contributed by atoms with Gasteiger partial charge in [0.25, 0.3) is 0 Å². The van der Waals surface area contributed by atoms with E-state index in [4.69, 9.17) is 5.73 Å². The fourth-order valence-electron chi connectivity index (χ4n) is 1.31. The largest absolute Gasteiger partial charge is 0.354 e.